The van der Waals surface area contributed by atoms with Crippen LogP contribution >= 0.6 is 0 Å². The van der Waals surface area contributed by atoms with E-state index in [1.165, 1.54) is 5.56 Å². The van der Waals surface area contributed by atoms with Crippen LogP contribution < -0.4 is 15.5 Å². The summed E-state index contributed by atoms with van der Waals surface area (Å²) in [5, 5.41) is 5.99. The molecule has 0 spiro atoms. The van der Waals surface area contributed by atoms with Gasteiger partial charge in [0.2, 0.25) is 11.9 Å². The monoisotopic (exact) mass is 467 g/mol. The number of fused-ring (bicyclic) bond motifs is 3. The minimum Gasteiger partial charge on any atom is -0.354 e. The van der Waals surface area contributed by atoms with Gasteiger partial charge in [0.25, 0.3) is 0 Å². The van der Waals surface area contributed by atoms with Crippen molar-refractivity contribution < 1.29 is 9.59 Å². The Hall–Kier alpha value is -4.13. The SMILES string of the molecule is O=C(NCCCc1ccccc1)C(Cc1ccccc1)NC(=O)N1CCn2c1nc1ccccc12. The Morgan fingerprint density at radius 3 is 2.31 bits per heavy atom. The van der Waals surface area contributed by atoms with Crippen molar-refractivity contribution in [2.75, 3.05) is 18.0 Å². The van der Waals surface area contributed by atoms with Gasteiger partial charge in [-0.3, -0.25) is 9.69 Å². The highest BCUT2D eigenvalue weighted by atomic mass is 16.2. The van der Waals surface area contributed by atoms with Gasteiger partial charge in [-0.25, -0.2) is 9.78 Å². The number of benzene rings is 3. The zero-order valence-electron chi connectivity index (χ0n) is 19.6. The number of imidazole rings is 1. The third kappa shape index (κ3) is 5.19. The summed E-state index contributed by atoms with van der Waals surface area (Å²) >= 11 is 0. The van der Waals surface area contributed by atoms with E-state index in [1.807, 2.05) is 77.4 Å². The van der Waals surface area contributed by atoms with Gasteiger partial charge in [-0.2, -0.15) is 0 Å². The van der Waals surface area contributed by atoms with E-state index in [2.05, 4.69) is 27.8 Å². The smallest absolute Gasteiger partial charge is 0.324 e. The molecule has 0 fully saturated rings. The summed E-state index contributed by atoms with van der Waals surface area (Å²) in [6, 6.07) is 26.8. The molecular formula is C28H29N5O2. The van der Waals surface area contributed by atoms with Crippen LogP contribution in [0.2, 0.25) is 0 Å². The highest BCUT2D eigenvalue weighted by molar-refractivity contribution is 5.96. The van der Waals surface area contributed by atoms with Gasteiger partial charge in [-0.05, 0) is 36.1 Å². The van der Waals surface area contributed by atoms with Crippen LogP contribution in [0, 0.1) is 0 Å². The number of aromatic nitrogens is 2. The predicted molar refractivity (Wildman–Crippen MR) is 137 cm³/mol. The fourth-order valence-electron chi connectivity index (χ4n) is 4.54. The normalized spacial score (nSPS) is 13.4. The molecule has 7 nitrogen and oxygen atoms in total. The Balaban J connectivity index is 1.25. The van der Waals surface area contributed by atoms with Gasteiger partial charge in [0, 0.05) is 26.1 Å². The van der Waals surface area contributed by atoms with Crippen LogP contribution in [-0.2, 0) is 24.2 Å². The van der Waals surface area contributed by atoms with Gasteiger partial charge < -0.3 is 15.2 Å². The second-order valence-electron chi connectivity index (χ2n) is 8.78. The number of para-hydroxylation sites is 2. The van der Waals surface area contributed by atoms with Crippen molar-refractivity contribution in [3.63, 3.8) is 0 Å². The number of carbonyl (C=O) groups excluding carboxylic acids is 2. The number of nitrogens with one attached hydrogen (secondary N) is 2. The van der Waals surface area contributed by atoms with Gasteiger partial charge in [0.1, 0.15) is 6.04 Å². The van der Waals surface area contributed by atoms with E-state index < -0.39 is 6.04 Å². The van der Waals surface area contributed by atoms with E-state index in [4.69, 9.17) is 0 Å². The molecule has 0 aliphatic carbocycles. The second kappa shape index (κ2) is 10.4. The van der Waals surface area contributed by atoms with E-state index in [-0.39, 0.29) is 11.9 Å². The maximum Gasteiger partial charge on any atom is 0.324 e. The Kier molecular flexibility index (Phi) is 6.75. The summed E-state index contributed by atoms with van der Waals surface area (Å²) in [5.74, 6) is 0.438. The van der Waals surface area contributed by atoms with Crippen LogP contribution in [0.5, 0.6) is 0 Å². The lowest BCUT2D eigenvalue weighted by atomic mass is 10.1. The molecule has 2 N–H and O–H groups in total. The lowest BCUT2D eigenvalue weighted by Crippen LogP contribution is -2.52. The Morgan fingerprint density at radius 1 is 0.857 bits per heavy atom. The number of hydrogen-bond donors (Lipinski definition) is 2. The van der Waals surface area contributed by atoms with E-state index in [0.29, 0.717) is 32.0 Å². The maximum atomic E-state index is 13.3. The zero-order chi connectivity index (χ0) is 24.0. The third-order valence-corrected chi connectivity index (χ3v) is 6.35. The molecule has 1 aliphatic rings. The van der Waals surface area contributed by atoms with Crippen molar-refractivity contribution in [2.24, 2.45) is 0 Å². The average molecular weight is 468 g/mol. The number of carbonyl (C=O) groups is 2. The van der Waals surface area contributed by atoms with E-state index >= 15 is 0 Å². The number of hydrogen-bond acceptors (Lipinski definition) is 3. The first-order chi connectivity index (χ1) is 17.2. The quantitative estimate of drug-likeness (QED) is 0.386. The van der Waals surface area contributed by atoms with Gasteiger partial charge in [-0.1, -0.05) is 72.8 Å². The standard InChI is InChI=1S/C28H29N5O2/c34-26(29-17-9-14-21-10-3-1-4-11-21)24(20-22-12-5-2-6-13-22)31-28(35)33-19-18-32-25-16-8-7-15-23(25)30-27(32)33/h1-8,10-13,15-16,24H,9,14,17-20H2,(H,29,34)(H,31,35). The molecule has 5 rings (SSSR count). The fraction of sp³-hybridized carbons (Fsp3) is 0.250. The number of nitrogens with zero attached hydrogens (tertiary/aromatic N) is 3. The minimum absolute atomic E-state index is 0.178. The predicted octanol–water partition coefficient (Wildman–Crippen LogP) is 3.93. The Bertz CT molecular complexity index is 1300. The summed E-state index contributed by atoms with van der Waals surface area (Å²) < 4.78 is 2.05. The molecule has 35 heavy (non-hydrogen) atoms. The average Bonchev–Trinajstić information content (AvgIpc) is 3.47. The topological polar surface area (TPSA) is 79.3 Å². The van der Waals surface area contributed by atoms with Crippen LogP contribution in [0.15, 0.2) is 84.9 Å². The molecule has 3 aromatic carbocycles. The largest absolute Gasteiger partial charge is 0.354 e. The van der Waals surface area contributed by atoms with Crippen LogP contribution in [-0.4, -0.2) is 40.6 Å². The fourth-order valence-corrected chi connectivity index (χ4v) is 4.54. The maximum absolute atomic E-state index is 13.3. The number of anilines is 1. The van der Waals surface area contributed by atoms with Gasteiger partial charge >= 0.3 is 6.03 Å². The minimum atomic E-state index is -0.681. The lowest BCUT2D eigenvalue weighted by Gasteiger charge is -2.22. The molecule has 1 atom stereocenters. The summed E-state index contributed by atoms with van der Waals surface area (Å²) in [7, 11) is 0. The zero-order valence-corrected chi connectivity index (χ0v) is 19.6. The summed E-state index contributed by atoms with van der Waals surface area (Å²) in [6.45, 7) is 1.75. The second-order valence-corrected chi connectivity index (χ2v) is 8.78. The Morgan fingerprint density at radius 2 is 1.54 bits per heavy atom. The van der Waals surface area contributed by atoms with Crippen LogP contribution in [0.3, 0.4) is 0 Å². The summed E-state index contributed by atoms with van der Waals surface area (Å²) in [4.78, 5) is 32.7. The summed E-state index contributed by atoms with van der Waals surface area (Å²) in [6.07, 6.45) is 2.14. The number of urea groups is 1. The van der Waals surface area contributed by atoms with Gasteiger partial charge in [0.05, 0.1) is 11.0 Å². The van der Waals surface area contributed by atoms with E-state index in [9.17, 15) is 9.59 Å². The molecule has 1 unspecified atom stereocenters. The highest BCUT2D eigenvalue weighted by Crippen LogP contribution is 2.27. The van der Waals surface area contributed by atoms with Crippen LogP contribution in [0.4, 0.5) is 10.7 Å². The molecule has 4 aromatic rings. The number of amides is 3. The number of rotatable bonds is 8. The van der Waals surface area contributed by atoms with E-state index in [0.717, 1.165) is 29.4 Å². The molecule has 7 heteroatoms. The van der Waals surface area contributed by atoms with Crippen LogP contribution in [0.25, 0.3) is 11.0 Å². The van der Waals surface area contributed by atoms with Crippen molar-refractivity contribution in [2.45, 2.75) is 31.8 Å². The van der Waals surface area contributed by atoms with Crippen molar-refractivity contribution in [3.05, 3.63) is 96.1 Å². The van der Waals surface area contributed by atoms with Crippen molar-refractivity contribution in [1.82, 2.24) is 20.2 Å². The highest BCUT2D eigenvalue weighted by Gasteiger charge is 2.31. The molecule has 0 bridgehead atoms. The molecule has 178 valence electrons. The Labute approximate surface area is 204 Å². The molecule has 2 heterocycles. The summed E-state index contributed by atoms with van der Waals surface area (Å²) in [5.41, 5.74) is 4.10. The lowest BCUT2D eigenvalue weighted by molar-refractivity contribution is -0.122. The van der Waals surface area contributed by atoms with Crippen LogP contribution in [0.1, 0.15) is 17.5 Å². The molecule has 3 amide bonds. The van der Waals surface area contributed by atoms with Crippen molar-refractivity contribution in [1.29, 1.82) is 0 Å². The molecular weight excluding hydrogens is 438 g/mol. The first kappa shape index (κ1) is 22.7. The molecule has 0 saturated carbocycles. The van der Waals surface area contributed by atoms with Gasteiger partial charge in [-0.15, -0.1) is 0 Å². The van der Waals surface area contributed by atoms with Crippen molar-refractivity contribution >= 4 is 28.9 Å². The van der Waals surface area contributed by atoms with Gasteiger partial charge in [0.15, 0.2) is 0 Å². The molecule has 0 saturated heterocycles. The molecule has 0 radical (unpaired) electrons. The first-order valence-corrected chi connectivity index (χ1v) is 12.1. The van der Waals surface area contributed by atoms with E-state index in [1.54, 1.807) is 4.90 Å². The molecule has 1 aliphatic heterocycles. The first-order valence-electron chi connectivity index (χ1n) is 12.1. The molecule has 1 aromatic heterocycles. The van der Waals surface area contributed by atoms with Crippen molar-refractivity contribution in [3.8, 4) is 0 Å². The third-order valence-electron chi connectivity index (χ3n) is 6.35. The number of aryl methyl sites for hydroxylation is 1.